The minimum Gasteiger partial charge on any atom is -0.484 e. The third-order valence-electron chi connectivity index (χ3n) is 5.08. The Hall–Kier alpha value is -3.24. The van der Waals surface area contributed by atoms with Gasteiger partial charge in [0.05, 0.1) is 4.90 Å². The first-order valence-corrected chi connectivity index (χ1v) is 11.4. The second kappa shape index (κ2) is 8.86. The number of nitrogens with two attached hydrogens (primary N) is 1. The Morgan fingerprint density at radius 3 is 2.74 bits per heavy atom. The number of ether oxygens (including phenoxy) is 1. The van der Waals surface area contributed by atoms with Crippen molar-refractivity contribution in [1.82, 2.24) is 15.0 Å². The number of benzene rings is 2. The van der Waals surface area contributed by atoms with E-state index >= 15 is 0 Å². The van der Waals surface area contributed by atoms with Crippen molar-refractivity contribution < 1.29 is 22.5 Å². The highest BCUT2D eigenvalue weighted by Crippen LogP contribution is 2.31. The zero-order valence-corrected chi connectivity index (χ0v) is 17.5. The van der Waals surface area contributed by atoms with Crippen molar-refractivity contribution in [2.45, 2.75) is 30.2 Å². The van der Waals surface area contributed by atoms with Crippen molar-refractivity contribution in [2.75, 3.05) is 13.2 Å². The van der Waals surface area contributed by atoms with Gasteiger partial charge in [0.25, 0.3) is 5.91 Å². The predicted octanol–water partition coefficient (Wildman–Crippen LogP) is 2.52. The zero-order chi connectivity index (χ0) is 21.8. The van der Waals surface area contributed by atoms with Crippen LogP contribution in [0, 0.1) is 0 Å². The lowest BCUT2D eigenvalue weighted by atomic mass is 10.0. The number of para-hydroxylation sites is 1. The van der Waals surface area contributed by atoms with E-state index in [1.807, 2.05) is 18.2 Å². The molecule has 0 spiro atoms. The number of primary sulfonamides is 1. The molecule has 2 heterocycles. The smallest absolute Gasteiger partial charge is 0.261 e. The summed E-state index contributed by atoms with van der Waals surface area (Å²) >= 11 is 0. The number of sulfonamides is 1. The quantitative estimate of drug-likeness (QED) is 0.621. The van der Waals surface area contributed by atoms with Crippen molar-refractivity contribution in [2.24, 2.45) is 5.14 Å². The molecule has 2 aromatic carbocycles. The molecule has 1 aromatic heterocycles. The number of aromatic nitrogens is 2. The van der Waals surface area contributed by atoms with Gasteiger partial charge in [0.2, 0.25) is 21.7 Å². The van der Waals surface area contributed by atoms with Gasteiger partial charge >= 0.3 is 0 Å². The molecule has 0 saturated carbocycles. The molecule has 1 aliphatic heterocycles. The van der Waals surface area contributed by atoms with Crippen molar-refractivity contribution in [3.8, 4) is 17.1 Å². The number of piperidine rings is 1. The van der Waals surface area contributed by atoms with Crippen LogP contribution in [0.2, 0.25) is 0 Å². The van der Waals surface area contributed by atoms with Crippen LogP contribution in [-0.2, 0) is 14.8 Å². The molecule has 0 radical (unpaired) electrons. The van der Waals surface area contributed by atoms with Gasteiger partial charge in [-0.1, -0.05) is 35.5 Å². The van der Waals surface area contributed by atoms with Crippen LogP contribution in [0.5, 0.6) is 5.75 Å². The molecular formula is C21H22N4O5S. The number of hydrogen-bond donors (Lipinski definition) is 1. The number of carbonyl (C=O) groups is 1. The first-order chi connectivity index (χ1) is 14.9. The molecule has 2 N–H and O–H groups in total. The zero-order valence-electron chi connectivity index (χ0n) is 16.7. The van der Waals surface area contributed by atoms with E-state index in [1.165, 1.54) is 12.1 Å². The number of nitrogens with zero attached hydrogens (tertiary/aromatic N) is 3. The highest BCUT2D eigenvalue weighted by Gasteiger charge is 2.32. The predicted molar refractivity (Wildman–Crippen MR) is 111 cm³/mol. The van der Waals surface area contributed by atoms with Crippen LogP contribution in [-0.4, -0.2) is 42.5 Å². The summed E-state index contributed by atoms with van der Waals surface area (Å²) in [4.78, 5) is 18.9. The average molecular weight is 442 g/mol. The van der Waals surface area contributed by atoms with Crippen molar-refractivity contribution >= 4 is 15.9 Å². The Balaban J connectivity index is 1.51. The standard InChI is InChI=1S/C21H22N4O5S/c22-31(27,28)17-10-6-7-15(13-17)20-23-21(30-24-20)18-11-4-5-12-25(18)19(26)14-29-16-8-2-1-3-9-16/h1-3,6-10,13,18H,4-5,11-12,14H2,(H2,22,27,28)/t18-/m1/s1. The van der Waals surface area contributed by atoms with Crippen molar-refractivity contribution in [1.29, 1.82) is 0 Å². The molecule has 1 fully saturated rings. The Morgan fingerprint density at radius 1 is 1.16 bits per heavy atom. The number of amides is 1. The van der Waals surface area contributed by atoms with Gasteiger partial charge in [-0.25, -0.2) is 13.6 Å². The number of hydrogen-bond acceptors (Lipinski definition) is 7. The summed E-state index contributed by atoms with van der Waals surface area (Å²) < 4.78 is 34.3. The highest BCUT2D eigenvalue weighted by atomic mass is 32.2. The van der Waals surface area contributed by atoms with Gasteiger partial charge in [0.15, 0.2) is 6.61 Å². The summed E-state index contributed by atoms with van der Waals surface area (Å²) in [5.74, 6) is 1.01. The van der Waals surface area contributed by atoms with E-state index in [1.54, 1.807) is 29.2 Å². The molecule has 162 valence electrons. The Labute approximate surface area is 179 Å². The third-order valence-corrected chi connectivity index (χ3v) is 5.99. The second-order valence-electron chi connectivity index (χ2n) is 7.23. The number of likely N-dealkylation sites (tertiary alicyclic amines) is 1. The van der Waals surface area contributed by atoms with Gasteiger partial charge in [-0.3, -0.25) is 4.79 Å². The first kappa shape index (κ1) is 21.0. The van der Waals surface area contributed by atoms with Crippen LogP contribution < -0.4 is 9.88 Å². The molecule has 1 amide bonds. The fourth-order valence-corrected chi connectivity index (χ4v) is 4.09. The molecule has 0 unspecified atom stereocenters. The van der Waals surface area contributed by atoms with E-state index in [9.17, 15) is 13.2 Å². The van der Waals surface area contributed by atoms with Crippen LogP contribution in [0.25, 0.3) is 11.4 Å². The van der Waals surface area contributed by atoms with E-state index < -0.39 is 10.0 Å². The largest absolute Gasteiger partial charge is 0.484 e. The lowest BCUT2D eigenvalue weighted by molar-refractivity contribution is -0.138. The summed E-state index contributed by atoms with van der Waals surface area (Å²) in [6.45, 7) is 0.484. The molecule has 1 saturated heterocycles. The van der Waals surface area contributed by atoms with E-state index in [-0.39, 0.29) is 29.3 Å². The normalized spacial score (nSPS) is 16.8. The van der Waals surface area contributed by atoms with Crippen molar-refractivity contribution in [3.63, 3.8) is 0 Å². The van der Waals surface area contributed by atoms with E-state index in [0.29, 0.717) is 30.2 Å². The topological polar surface area (TPSA) is 129 Å². The molecule has 9 nitrogen and oxygen atoms in total. The molecule has 1 aliphatic rings. The Kier molecular flexibility index (Phi) is 6.01. The SMILES string of the molecule is NS(=O)(=O)c1cccc(-c2noc([C@H]3CCCCN3C(=O)COc3ccccc3)n2)c1. The minimum atomic E-state index is -3.85. The van der Waals surface area contributed by atoms with Crippen LogP contribution in [0.1, 0.15) is 31.2 Å². The van der Waals surface area contributed by atoms with Gasteiger partial charge in [-0.15, -0.1) is 0 Å². The van der Waals surface area contributed by atoms with E-state index in [2.05, 4.69) is 10.1 Å². The van der Waals surface area contributed by atoms with Gasteiger partial charge in [0, 0.05) is 12.1 Å². The van der Waals surface area contributed by atoms with E-state index in [4.69, 9.17) is 14.4 Å². The average Bonchev–Trinajstić information content (AvgIpc) is 3.28. The maximum Gasteiger partial charge on any atom is 0.261 e. The highest BCUT2D eigenvalue weighted by molar-refractivity contribution is 7.89. The molecule has 4 rings (SSSR count). The monoisotopic (exact) mass is 442 g/mol. The maximum atomic E-state index is 12.8. The molecule has 1 atom stereocenters. The second-order valence-corrected chi connectivity index (χ2v) is 8.79. The Morgan fingerprint density at radius 2 is 1.97 bits per heavy atom. The van der Waals surface area contributed by atoms with Crippen LogP contribution in [0.15, 0.2) is 64.0 Å². The molecule has 3 aromatic rings. The third kappa shape index (κ3) is 4.92. The fraction of sp³-hybridized carbons (Fsp3) is 0.286. The van der Waals surface area contributed by atoms with Gasteiger partial charge in [0.1, 0.15) is 11.8 Å². The van der Waals surface area contributed by atoms with Crippen LogP contribution >= 0.6 is 0 Å². The van der Waals surface area contributed by atoms with Crippen LogP contribution in [0.4, 0.5) is 0 Å². The lowest BCUT2D eigenvalue weighted by Gasteiger charge is -2.33. The first-order valence-electron chi connectivity index (χ1n) is 9.86. The Bertz CT molecular complexity index is 1160. The van der Waals surface area contributed by atoms with Gasteiger partial charge < -0.3 is 14.2 Å². The molecule has 10 heteroatoms. The van der Waals surface area contributed by atoms with Gasteiger partial charge in [-0.05, 0) is 43.5 Å². The minimum absolute atomic E-state index is 0.0381. The maximum absolute atomic E-state index is 12.8. The number of carbonyl (C=O) groups excluding carboxylic acids is 1. The summed E-state index contributed by atoms with van der Waals surface area (Å²) in [6, 6.07) is 14.8. The molecule has 0 aliphatic carbocycles. The van der Waals surface area contributed by atoms with Gasteiger partial charge in [-0.2, -0.15) is 4.98 Å². The molecular weight excluding hydrogens is 420 g/mol. The number of rotatable bonds is 6. The molecule has 31 heavy (non-hydrogen) atoms. The lowest BCUT2D eigenvalue weighted by Crippen LogP contribution is -2.41. The van der Waals surface area contributed by atoms with E-state index in [0.717, 1.165) is 12.8 Å². The summed E-state index contributed by atoms with van der Waals surface area (Å²) in [7, 11) is -3.85. The summed E-state index contributed by atoms with van der Waals surface area (Å²) in [5.41, 5.74) is 0.461. The molecule has 0 bridgehead atoms. The summed E-state index contributed by atoms with van der Waals surface area (Å²) in [5, 5.41) is 9.18. The van der Waals surface area contributed by atoms with Crippen molar-refractivity contribution in [3.05, 3.63) is 60.5 Å². The van der Waals surface area contributed by atoms with Crippen LogP contribution in [0.3, 0.4) is 0 Å². The summed E-state index contributed by atoms with van der Waals surface area (Å²) in [6.07, 6.45) is 2.49. The fourth-order valence-electron chi connectivity index (χ4n) is 3.53.